The van der Waals surface area contributed by atoms with Crippen LogP contribution in [0.25, 0.3) is 0 Å². The van der Waals surface area contributed by atoms with Crippen molar-refractivity contribution in [3.63, 3.8) is 0 Å². The molecule has 1 atom stereocenters. The highest BCUT2D eigenvalue weighted by molar-refractivity contribution is 5.16. The maximum atomic E-state index is 13.0. The minimum Gasteiger partial charge on any atom is -0.359 e. The molecular formula is C10H10FNO. The summed E-state index contributed by atoms with van der Waals surface area (Å²) in [5.41, 5.74) is 0.476. The predicted molar refractivity (Wildman–Crippen MR) is 46.3 cm³/mol. The quantitative estimate of drug-likeness (QED) is 0.713. The van der Waals surface area contributed by atoms with Crippen molar-refractivity contribution < 1.29 is 9.13 Å². The van der Waals surface area contributed by atoms with Gasteiger partial charge in [0.05, 0.1) is 12.7 Å². The molecule has 0 aliphatic heterocycles. The van der Waals surface area contributed by atoms with Gasteiger partial charge >= 0.3 is 0 Å². The number of nitriles is 1. The Labute approximate surface area is 76.6 Å². The number of hydrogen-bond acceptors (Lipinski definition) is 2. The van der Waals surface area contributed by atoms with E-state index in [1.807, 2.05) is 6.07 Å². The van der Waals surface area contributed by atoms with E-state index in [9.17, 15) is 4.39 Å². The highest BCUT2D eigenvalue weighted by Crippen LogP contribution is 2.08. The minimum absolute atomic E-state index is 0.140. The van der Waals surface area contributed by atoms with E-state index in [4.69, 9.17) is 10.00 Å². The second-order valence-electron chi connectivity index (χ2n) is 2.67. The van der Waals surface area contributed by atoms with Crippen LogP contribution in [-0.2, 0) is 11.3 Å². The van der Waals surface area contributed by atoms with Crippen LogP contribution in [0.2, 0.25) is 0 Å². The SMILES string of the molecule is CC(C#N)OCc1ccccc1F. The van der Waals surface area contributed by atoms with Gasteiger partial charge in [0.1, 0.15) is 11.9 Å². The molecule has 0 amide bonds. The van der Waals surface area contributed by atoms with Gasteiger partial charge in [0.15, 0.2) is 0 Å². The van der Waals surface area contributed by atoms with Gasteiger partial charge in [0, 0.05) is 5.56 Å². The van der Waals surface area contributed by atoms with Crippen molar-refractivity contribution in [2.45, 2.75) is 19.6 Å². The Morgan fingerprint density at radius 3 is 2.85 bits per heavy atom. The third-order valence-electron chi connectivity index (χ3n) is 1.63. The first kappa shape index (κ1) is 9.69. The Kier molecular flexibility index (Phi) is 3.41. The normalized spacial score (nSPS) is 12.1. The molecule has 0 aliphatic carbocycles. The molecule has 0 aliphatic rings. The molecule has 0 N–H and O–H groups in total. The summed E-state index contributed by atoms with van der Waals surface area (Å²) in [6.45, 7) is 1.77. The van der Waals surface area contributed by atoms with E-state index < -0.39 is 6.10 Å². The van der Waals surface area contributed by atoms with Gasteiger partial charge in [0.25, 0.3) is 0 Å². The number of hydrogen-bond donors (Lipinski definition) is 0. The molecule has 0 bridgehead atoms. The van der Waals surface area contributed by atoms with Crippen LogP contribution in [0.15, 0.2) is 24.3 Å². The lowest BCUT2D eigenvalue weighted by molar-refractivity contribution is 0.0867. The van der Waals surface area contributed by atoms with Crippen LogP contribution >= 0.6 is 0 Å². The summed E-state index contributed by atoms with van der Waals surface area (Å²) in [5, 5.41) is 8.41. The standard InChI is InChI=1S/C10H10FNO/c1-8(6-12)13-7-9-4-2-3-5-10(9)11/h2-5,8H,7H2,1H3. The van der Waals surface area contributed by atoms with E-state index in [0.717, 1.165) is 0 Å². The maximum Gasteiger partial charge on any atom is 0.141 e. The zero-order valence-electron chi connectivity index (χ0n) is 7.33. The first-order valence-corrected chi connectivity index (χ1v) is 3.98. The van der Waals surface area contributed by atoms with Crippen molar-refractivity contribution in [1.29, 1.82) is 5.26 Å². The van der Waals surface area contributed by atoms with Crippen LogP contribution in [0, 0.1) is 17.1 Å². The Hall–Kier alpha value is -1.40. The molecule has 3 heteroatoms. The summed E-state index contributed by atoms with van der Waals surface area (Å²) >= 11 is 0. The summed E-state index contributed by atoms with van der Waals surface area (Å²) in [6.07, 6.45) is -0.500. The molecule has 13 heavy (non-hydrogen) atoms. The van der Waals surface area contributed by atoms with Crippen molar-refractivity contribution in [3.8, 4) is 6.07 Å². The predicted octanol–water partition coefficient (Wildman–Crippen LogP) is 2.25. The fourth-order valence-electron chi connectivity index (χ4n) is 0.867. The molecule has 0 heterocycles. The molecule has 2 nitrogen and oxygen atoms in total. The van der Waals surface area contributed by atoms with Gasteiger partial charge in [-0.25, -0.2) is 4.39 Å². The summed E-state index contributed by atoms with van der Waals surface area (Å²) in [5.74, 6) is -0.298. The van der Waals surface area contributed by atoms with Crippen LogP contribution in [0.5, 0.6) is 0 Å². The number of ether oxygens (including phenoxy) is 1. The topological polar surface area (TPSA) is 33.0 Å². The molecule has 0 saturated heterocycles. The maximum absolute atomic E-state index is 13.0. The highest BCUT2D eigenvalue weighted by atomic mass is 19.1. The fourth-order valence-corrected chi connectivity index (χ4v) is 0.867. The van der Waals surface area contributed by atoms with Gasteiger partial charge in [-0.15, -0.1) is 0 Å². The molecular weight excluding hydrogens is 169 g/mol. The average Bonchev–Trinajstić information content (AvgIpc) is 2.16. The van der Waals surface area contributed by atoms with Gasteiger partial charge in [-0.2, -0.15) is 5.26 Å². The summed E-state index contributed by atoms with van der Waals surface area (Å²) in [6, 6.07) is 8.27. The van der Waals surface area contributed by atoms with Crippen LogP contribution in [0.3, 0.4) is 0 Å². The lowest BCUT2D eigenvalue weighted by atomic mass is 10.2. The fraction of sp³-hybridized carbons (Fsp3) is 0.300. The second-order valence-corrected chi connectivity index (χ2v) is 2.67. The summed E-state index contributed by atoms with van der Waals surface area (Å²) in [4.78, 5) is 0. The van der Waals surface area contributed by atoms with Crippen molar-refractivity contribution in [1.82, 2.24) is 0 Å². The summed E-state index contributed by atoms with van der Waals surface area (Å²) in [7, 11) is 0. The van der Waals surface area contributed by atoms with E-state index >= 15 is 0 Å². The highest BCUT2D eigenvalue weighted by Gasteiger charge is 2.03. The molecule has 1 aromatic carbocycles. The number of halogens is 1. The number of rotatable bonds is 3. The molecule has 0 radical (unpaired) electrons. The molecule has 1 aromatic rings. The second kappa shape index (κ2) is 4.58. The Bertz CT molecular complexity index is 319. The smallest absolute Gasteiger partial charge is 0.141 e. The first-order valence-electron chi connectivity index (χ1n) is 3.98. The van der Waals surface area contributed by atoms with Crippen LogP contribution in [0.1, 0.15) is 12.5 Å². The zero-order valence-corrected chi connectivity index (χ0v) is 7.33. The summed E-state index contributed by atoms with van der Waals surface area (Å²) < 4.78 is 18.0. The zero-order chi connectivity index (χ0) is 9.68. The van der Waals surface area contributed by atoms with Gasteiger partial charge in [-0.05, 0) is 13.0 Å². The van der Waals surface area contributed by atoms with Gasteiger partial charge in [-0.1, -0.05) is 18.2 Å². The monoisotopic (exact) mass is 179 g/mol. The van der Waals surface area contributed by atoms with E-state index in [0.29, 0.717) is 5.56 Å². The van der Waals surface area contributed by atoms with Gasteiger partial charge < -0.3 is 4.74 Å². The lowest BCUT2D eigenvalue weighted by Gasteiger charge is -2.05. The van der Waals surface area contributed by atoms with Crippen molar-refractivity contribution in [3.05, 3.63) is 35.6 Å². The Morgan fingerprint density at radius 1 is 1.54 bits per heavy atom. The van der Waals surface area contributed by atoms with E-state index in [-0.39, 0.29) is 12.4 Å². The molecule has 0 spiro atoms. The van der Waals surface area contributed by atoms with Crippen LogP contribution < -0.4 is 0 Å². The Balaban J connectivity index is 2.56. The first-order chi connectivity index (χ1) is 6.24. The van der Waals surface area contributed by atoms with E-state index in [1.54, 1.807) is 25.1 Å². The molecule has 0 fully saturated rings. The molecule has 0 saturated carbocycles. The van der Waals surface area contributed by atoms with Crippen molar-refractivity contribution in [2.75, 3.05) is 0 Å². The molecule has 1 rings (SSSR count). The molecule has 0 aromatic heterocycles. The van der Waals surface area contributed by atoms with E-state index in [2.05, 4.69) is 0 Å². The van der Waals surface area contributed by atoms with Crippen LogP contribution in [0.4, 0.5) is 4.39 Å². The lowest BCUT2D eigenvalue weighted by Crippen LogP contribution is -2.05. The van der Waals surface area contributed by atoms with Crippen molar-refractivity contribution >= 4 is 0 Å². The minimum atomic E-state index is -0.500. The third-order valence-corrected chi connectivity index (χ3v) is 1.63. The van der Waals surface area contributed by atoms with Crippen molar-refractivity contribution in [2.24, 2.45) is 0 Å². The number of benzene rings is 1. The average molecular weight is 179 g/mol. The third kappa shape index (κ3) is 2.85. The van der Waals surface area contributed by atoms with Gasteiger partial charge in [-0.3, -0.25) is 0 Å². The number of nitrogens with zero attached hydrogens (tertiary/aromatic N) is 1. The Morgan fingerprint density at radius 2 is 2.23 bits per heavy atom. The van der Waals surface area contributed by atoms with E-state index in [1.165, 1.54) is 6.07 Å². The molecule has 68 valence electrons. The van der Waals surface area contributed by atoms with Gasteiger partial charge in [0.2, 0.25) is 0 Å². The molecule has 1 unspecified atom stereocenters. The van der Waals surface area contributed by atoms with Crippen LogP contribution in [-0.4, -0.2) is 6.10 Å². The largest absolute Gasteiger partial charge is 0.359 e.